The summed E-state index contributed by atoms with van der Waals surface area (Å²) < 4.78 is 0.933. The Morgan fingerprint density at radius 1 is 1.13 bits per heavy atom. The van der Waals surface area contributed by atoms with E-state index in [1.165, 1.54) is 12.1 Å². The second-order valence-electron chi connectivity index (χ2n) is 4.63. The molecule has 0 atom stereocenters. The third kappa shape index (κ3) is 3.22. The minimum atomic E-state index is -0.578. The first-order chi connectivity index (χ1) is 11.1. The minimum Gasteiger partial charge on any atom is -0.309 e. The highest BCUT2D eigenvalue weighted by molar-refractivity contribution is 14.1. The van der Waals surface area contributed by atoms with Crippen LogP contribution in [0.3, 0.4) is 0 Å². The molecule has 0 fully saturated rings. The Bertz CT molecular complexity index is 757. The number of hydrogen-bond acceptors (Lipinski definition) is 5. The topological polar surface area (TPSA) is 88.6 Å². The van der Waals surface area contributed by atoms with Crippen LogP contribution in [0.25, 0.3) is 0 Å². The number of aromatic nitrogens is 1. The van der Waals surface area contributed by atoms with Crippen LogP contribution in [0.4, 0.5) is 5.82 Å². The molecule has 1 aromatic heterocycles. The van der Waals surface area contributed by atoms with Gasteiger partial charge in [-0.15, -0.1) is 5.06 Å². The monoisotopic (exact) mass is 423 g/mol. The van der Waals surface area contributed by atoms with Gasteiger partial charge < -0.3 is 5.32 Å². The molecular formula is C15H10IN3O4. The summed E-state index contributed by atoms with van der Waals surface area (Å²) >= 11 is 2.10. The fraction of sp³-hybridized carbons (Fsp3) is 0.0667. The quantitative estimate of drug-likeness (QED) is 0.599. The van der Waals surface area contributed by atoms with E-state index in [0.717, 1.165) is 3.57 Å². The average molecular weight is 423 g/mol. The first-order valence-electron chi connectivity index (χ1n) is 6.58. The Labute approximate surface area is 144 Å². The second kappa shape index (κ2) is 6.42. The van der Waals surface area contributed by atoms with Gasteiger partial charge in [0.2, 0.25) is 0 Å². The summed E-state index contributed by atoms with van der Waals surface area (Å²) in [6.45, 7) is -0.473. The summed E-state index contributed by atoms with van der Waals surface area (Å²) in [6.07, 6.45) is 1.60. The smallest absolute Gasteiger partial charge is 0.285 e. The van der Waals surface area contributed by atoms with E-state index in [1.54, 1.807) is 30.5 Å². The molecule has 23 heavy (non-hydrogen) atoms. The van der Waals surface area contributed by atoms with Gasteiger partial charge in [-0.3, -0.25) is 19.2 Å². The molecule has 2 heterocycles. The predicted molar refractivity (Wildman–Crippen MR) is 88.5 cm³/mol. The molecule has 1 N–H and O–H groups in total. The van der Waals surface area contributed by atoms with Crippen LogP contribution in [0.5, 0.6) is 0 Å². The molecule has 0 unspecified atom stereocenters. The Morgan fingerprint density at radius 3 is 2.35 bits per heavy atom. The van der Waals surface area contributed by atoms with Crippen molar-refractivity contribution in [3.05, 3.63) is 57.3 Å². The lowest BCUT2D eigenvalue weighted by molar-refractivity contribution is -0.134. The molecule has 2 aromatic rings. The highest BCUT2D eigenvalue weighted by Gasteiger charge is 2.36. The van der Waals surface area contributed by atoms with Gasteiger partial charge in [-0.2, -0.15) is 0 Å². The van der Waals surface area contributed by atoms with Crippen molar-refractivity contribution in [2.75, 3.05) is 11.9 Å². The van der Waals surface area contributed by atoms with Gasteiger partial charge in [0.05, 0.1) is 11.1 Å². The van der Waals surface area contributed by atoms with Gasteiger partial charge in [0.25, 0.3) is 17.7 Å². The molecule has 1 aliphatic heterocycles. The summed E-state index contributed by atoms with van der Waals surface area (Å²) in [5.41, 5.74) is 0.523. The average Bonchev–Trinajstić information content (AvgIpc) is 2.80. The number of pyridine rings is 1. The zero-order chi connectivity index (χ0) is 16.4. The van der Waals surface area contributed by atoms with E-state index in [-0.39, 0.29) is 11.1 Å². The van der Waals surface area contributed by atoms with Crippen LogP contribution in [0.15, 0.2) is 42.6 Å². The number of rotatable bonds is 4. The molecule has 0 saturated carbocycles. The molecule has 0 saturated heterocycles. The number of nitrogens with zero attached hydrogens (tertiary/aromatic N) is 2. The molecule has 3 amide bonds. The van der Waals surface area contributed by atoms with Crippen molar-refractivity contribution >= 4 is 46.1 Å². The number of amides is 3. The number of halogens is 1. The number of benzene rings is 1. The van der Waals surface area contributed by atoms with E-state index >= 15 is 0 Å². The maximum Gasteiger partial charge on any atom is 0.285 e. The Balaban J connectivity index is 1.61. The van der Waals surface area contributed by atoms with Gasteiger partial charge in [-0.05, 0) is 46.9 Å². The normalized spacial score (nSPS) is 13.2. The Hall–Kier alpha value is -2.33. The summed E-state index contributed by atoms with van der Waals surface area (Å²) in [7, 11) is 0. The van der Waals surface area contributed by atoms with Crippen molar-refractivity contribution in [1.29, 1.82) is 0 Å². The molecule has 8 heteroatoms. The van der Waals surface area contributed by atoms with Gasteiger partial charge in [-0.1, -0.05) is 12.1 Å². The Morgan fingerprint density at radius 2 is 1.78 bits per heavy atom. The van der Waals surface area contributed by atoms with E-state index in [9.17, 15) is 14.4 Å². The van der Waals surface area contributed by atoms with Crippen LogP contribution < -0.4 is 5.32 Å². The van der Waals surface area contributed by atoms with Crippen molar-refractivity contribution in [2.24, 2.45) is 0 Å². The number of anilines is 1. The largest absolute Gasteiger partial charge is 0.309 e. The number of hydrogen-bond donors (Lipinski definition) is 1. The summed E-state index contributed by atoms with van der Waals surface area (Å²) in [6, 6.07) is 9.81. The van der Waals surface area contributed by atoms with Crippen molar-refractivity contribution in [3.63, 3.8) is 0 Å². The summed E-state index contributed by atoms with van der Waals surface area (Å²) in [5.74, 6) is -1.31. The SMILES string of the molecule is O=C(CON1C(=O)c2ccccc2C1=O)Nc1ccc(I)cn1. The molecule has 1 aromatic carbocycles. The molecule has 1 aliphatic rings. The molecular weight excluding hydrogens is 413 g/mol. The van der Waals surface area contributed by atoms with Crippen molar-refractivity contribution < 1.29 is 19.2 Å². The molecule has 7 nitrogen and oxygen atoms in total. The van der Waals surface area contributed by atoms with E-state index in [0.29, 0.717) is 10.9 Å². The lowest BCUT2D eigenvalue weighted by Crippen LogP contribution is -2.33. The van der Waals surface area contributed by atoms with Gasteiger partial charge in [0.1, 0.15) is 5.82 Å². The zero-order valence-electron chi connectivity index (χ0n) is 11.7. The van der Waals surface area contributed by atoms with Crippen LogP contribution in [0, 0.1) is 3.57 Å². The zero-order valence-corrected chi connectivity index (χ0v) is 13.8. The van der Waals surface area contributed by atoms with Gasteiger partial charge in [0, 0.05) is 9.77 Å². The van der Waals surface area contributed by atoms with Gasteiger partial charge in [-0.25, -0.2) is 4.98 Å². The standard InChI is InChI=1S/C15H10IN3O4/c16-9-5-6-12(17-7-9)18-13(20)8-23-19-14(21)10-3-1-2-4-11(10)15(19)22/h1-7H,8H2,(H,17,18,20). The fourth-order valence-corrected chi connectivity index (χ4v) is 2.36. The third-order valence-electron chi connectivity index (χ3n) is 3.08. The summed E-state index contributed by atoms with van der Waals surface area (Å²) in [4.78, 5) is 45.0. The van der Waals surface area contributed by atoms with Crippen LogP contribution in [-0.4, -0.2) is 34.4 Å². The first kappa shape index (κ1) is 15.6. The number of carbonyl (C=O) groups is 3. The molecule has 0 aliphatic carbocycles. The van der Waals surface area contributed by atoms with Gasteiger partial charge >= 0.3 is 0 Å². The number of fused-ring (bicyclic) bond motifs is 1. The van der Waals surface area contributed by atoms with Crippen molar-refractivity contribution in [2.45, 2.75) is 0 Å². The van der Waals surface area contributed by atoms with Crippen molar-refractivity contribution in [1.82, 2.24) is 10.0 Å². The Kier molecular flexibility index (Phi) is 4.35. The highest BCUT2D eigenvalue weighted by atomic mass is 127. The van der Waals surface area contributed by atoms with Crippen LogP contribution in [0.1, 0.15) is 20.7 Å². The number of nitrogens with one attached hydrogen (secondary N) is 1. The molecule has 116 valence electrons. The van der Waals surface area contributed by atoms with E-state index < -0.39 is 24.3 Å². The van der Waals surface area contributed by atoms with E-state index in [2.05, 4.69) is 32.9 Å². The van der Waals surface area contributed by atoms with E-state index in [1.807, 2.05) is 0 Å². The van der Waals surface area contributed by atoms with Crippen LogP contribution in [0.2, 0.25) is 0 Å². The summed E-state index contributed by atoms with van der Waals surface area (Å²) in [5, 5.41) is 3.12. The predicted octanol–water partition coefficient (Wildman–Crippen LogP) is 1.85. The second-order valence-corrected chi connectivity index (χ2v) is 5.88. The fourth-order valence-electron chi connectivity index (χ4n) is 2.04. The third-order valence-corrected chi connectivity index (χ3v) is 3.71. The van der Waals surface area contributed by atoms with Crippen LogP contribution in [-0.2, 0) is 9.63 Å². The molecule has 0 bridgehead atoms. The lowest BCUT2D eigenvalue weighted by Gasteiger charge is -2.13. The van der Waals surface area contributed by atoms with Gasteiger partial charge in [0.15, 0.2) is 6.61 Å². The maximum absolute atomic E-state index is 12.1. The molecule has 0 radical (unpaired) electrons. The first-order valence-corrected chi connectivity index (χ1v) is 7.66. The van der Waals surface area contributed by atoms with Crippen LogP contribution >= 0.6 is 22.6 Å². The highest BCUT2D eigenvalue weighted by Crippen LogP contribution is 2.22. The molecule has 3 rings (SSSR count). The minimum absolute atomic E-state index is 0.261. The number of imide groups is 1. The lowest BCUT2D eigenvalue weighted by atomic mass is 10.1. The maximum atomic E-state index is 12.1. The molecule has 0 spiro atoms. The van der Waals surface area contributed by atoms with Crippen molar-refractivity contribution in [3.8, 4) is 0 Å². The number of hydroxylamine groups is 2. The van der Waals surface area contributed by atoms with E-state index in [4.69, 9.17) is 4.84 Å². The number of carbonyl (C=O) groups excluding carboxylic acids is 3.